The third-order valence-corrected chi connectivity index (χ3v) is 6.23. The lowest BCUT2D eigenvalue weighted by Crippen LogP contribution is -2.26. The molecule has 0 radical (unpaired) electrons. The Balaban J connectivity index is 1.75. The van der Waals surface area contributed by atoms with Crippen LogP contribution in [0.15, 0.2) is 32.7 Å². The van der Waals surface area contributed by atoms with Crippen LogP contribution in [0.3, 0.4) is 0 Å². The van der Waals surface area contributed by atoms with Crippen LogP contribution >= 0.6 is 51.1 Å². The van der Waals surface area contributed by atoms with Crippen molar-refractivity contribution in [2.75, 3.05) is 16.4 Å². The molecule has 122 valence electrons. The second-order valence-corrected chi connectivity index (χ2v) is 8.34. The van der Waals surface area contributed by atoms with Crippen molar-refractivity contribution in [3.05, 3.63) is 33.5 Å². The van der Waals surface area contributed by atoms with Crippen LogP contribution in [0.4, 0.5) is 11.5 Å². The number of carbonyl (C=O) groups is 2. The maximum absolute atomic E-state index is 12.5. The fourth-order valence-electron chi connectivity index (χ4n) is 2.36. The van der Waals surface area contributed by atoms with Crippen molar-refractivity contribution in [2.45, 2.75) is 16.0 Å². The largest absolute Gasteiger partial charge is 0.367 e. The number of thioether (sulfide) groups is 2. The van der Waals surface area contributed by atoms with Crippen LogP contribution in [0.2, 0.25) is 5.02 Å². The van der Waals surface area contributed by atoms with E-state index in [2.05, 4.69) is 36.5 Å². The molecule has 0 fully saturated rings. The number of rotatable bonds is 1. The van der Waals surface area contributed by atoms with E-state index in [0.29, 0.717) is 37.5 Å². The van der Waals surface area contributed by atoms with Gasteiger partial charge in [-0.05, 0) is 39.8 Å². The lowest BCUT2D eigenvalue weighted by Gasteiger charge is -2.26. The Kier molecular flexibility index (Phi) is 4.19. The molecule has 0 aromatic carbocycles. The van der Waals surface area contributed by atoms with Crippen molar-refractivity contribution in [2.24, 2.45) is 0 Å². The summed E-state index contributed by atoms with van der Waals surface area (Å²) in [6.45, 7) is 0. The predicted octanol–water partition coefficient (Wildman–Crippen LogP) is 3.72. The van der Waals surface area contributed by atoms with Gasteiger partial charge in [0, 0.05) is 10.7 Å². The smallest absolute Gasteiger partial charge is 0.235 e. The van der Waals surface area contributed by atoms with E-state index in [-0.39, 0.29) is 11.0 Å². The molecule has 0 spiro atoms. The molecule has 0 bridgehead atoms. The maximum Gasteiger partial charge on any atom is 0.235 e. The first-order chi connectivity index (χ1) is 11.5. The SMILES string of the molecule is O=C1CSc2cc(Br)c(C3Nc4cc(Cl)cnc4SC3=O)nc2N1. The molecule has 6 nitrogen and oxygen atoms in total. The van der Waals surface area contributed by atoms with E-state index in [1.807, 2.05) is 6.07 Å². The third-order valence-electron chi connectivity index (χ3n) is 3.41. The minimum Gasteiger partial charge on any atom is -0.367 e. The van der Waals surface area contributed by atoms with Gasteiger partial charge in [0.2, 0.25) is 11.0 Å². The fraction of sp³-hybridized carbons (Fsp3) is 0.143. The Hall–Kier alpha value is -1.29. The van der Waals surface area contributed by atoms with E-state index in [9.17, 15) is 9.59 Å². The van der Waals surface area contributed by atoms with Crippen molar-refractivity contribution < 1.29 is 9.59 Å². The lowest BCUT2D eigenvalue weighted by molar-refractivity contribution is -0.114. The number of carbonyl (C=O) groups excluding carboxylic acids is 2. The molecule has 0 aliphatic carbocycles. The van der Waals surface area contributed by atoms with Gasteiger partial charge >= 0.3 is 0 Å². The monoisotopic (exact) mass is 442 g/mol. The molecule has 2 aromatic rings. The number of nitrogens with zero attached hydrogens (tertiary/aromatic N) is 2. The van der Waals surface area contributed by atoms with Gasteiger partial charge < -0.3 is 10.6 Å². The van der Waals surface area contributed by atoms with Gasteiger partial charge in [-0.3, -0.25) is 9.59 Å². The summed E-state index contributed by atoms with van der Waals surface area (Å²) in [6.07, 6.45) is 1.50. The standard InChI is InChI=1S/C14H8BrClN4O2S2/c15-6-2-8-12(19-9(21)4-23-8)20-10(6)11-14(22)24-13-7(18-11)1-5(16)3-17-13/h1-3,11,18H,4H2,(H,19,20,21). The van der Waals surface area contributed by atoms with Crippen molar-refractivity contribution in [1.82, 2.24) is 9.97 Å². The first-order valence-corrected chi connectivity index (χ1v) is 9.75. The van der Waals surface area contributed by atoms with Crippen molar-refractivity contribution in [1.29, 1.82) is 0 Å². The minimum atomic E-state index is -0.661. The van der Waals surface area contributed by atoms with E-state index < -0.39 is 6.04 Å². The lowest BCUT2D eigenvalue weighted by atomic mass is 10.2. The molecule has 2 N–H and O–H groups in total. The number of halogens is 2. The van der Waals surface area contributed by atoms with E-state index in [1.54, 1.807) is 6.07 Å². The summed E-state index contributed by atoms with van der Waals surface area (Å²) >= 11 is 11.9. The van der Waals surface area contributed by atoms with E-state index >= 15 is 0 Å². The normalized spacial score (nSPS) is 19.2. The number of anilines is 2. The Morgan fingerprint density at radius 2 is 2.17 bits per heavy atom. The Labute approximate surface area is 158 Å². The number of nitrogens with one attached hydrogen (secondary N) is 2. The van der Waals surface area contributed by atoms with E-state index in [4.69, 9.17) is 11.6 Å². The maximum atomic E-state index is 12.5. The number of hydrogen-bond donors (Lipinski definition) is 2. The summed E-state index contributed by atoms with van der Waals surface area (Å²) in [5.41, 5.74) is 1.20. The molecule has 0 saturated heterocycles. The highest BCUT2D eigenvalue weighted by Gasteiger charge is 2.33. The van der Waals surface area contributed by atoms with Gasteiger partial charge in [-0.15, -0.1) is 11.8 Å². The zero-order valence-electron chi connectivity index (χ0n) is 11.8. The van der Waals surface area contributed by atoms with Gasteiger partial charge in [0.25, 0.3) is 0 Å². The van der Waals surface area contributed by atoms with Gasteiger partial charge in [0.05, 0.1) is 27.1 Å². The van der Waals surface area contributed by atoms with Crippen molar-refractivity contribution in [3.8, 4) is 0 Å². The quantitative estimate of drug-likeness (QED) is 0.695. The van der Waals surface area contributed by atoms with Gasteiger partial charge in [-0.2, -0.15) is 0 Å². The van der Waals surface area contributed by atoms with Gasteiger partial charge in [-0.1, -0.05) is 11.6 Å². The summed E-state index contributed by atoms with van der Waals surface area (Å²) in [5, 5.41) is 6.81. The van der Waals surface area contributed by atoms with Crippen LogP contribution in [0, 0.1) is 0 Å². The Morgan fingerprint density at radius 3 is 3.00 bits per heavy atom. The second-order valence-electron chi connectivity index (χ2n) is 5.04. The molecule has 4 heterocycles. The van der Waals surface area contributed by atoms with Gasteiger partial charge in [0.15, 0.2) is 0 Å². The zero-order valence-corrected chi connectivity index (χ0v) is 15.8. The first kappa shape index (κ1) is 16.2. The number of amides is 1. The fourth-order valence-corrected chi connectivity index (χ4v) is 4.82. The molecule has 4 rings (SSSR count). The average Bonchev–Trinajstić information content (AvgIpc) is 2.54. The van der Waals surface area contributed by atoms with Crippen LogP contribution in [0.5, 0.6) is 0 Å². The molecule has 2 aliphatic rings. The van der Waals surface area contributed by atoms with Crippen molar-refractivity contribution >= 4 is 73.6 Å². The number of aromatic nitrogens is 2. The second kappa shape index (κ2) is 6.21. The molecule has 2 aliphatic heterocycles. The summed E-state index contributed by atoms with van der Waals surface area (Å²) in [4.78, 5) is 33.6. The Bertz CT molecular complexity index is 895. The molecule has 1 atom stereocenters. The van der Waals surface area contributed by atoms with Crippen LogP contribution in [0.25, 0.3) is 0 Å². The first-order valence-electron chi connectivity index (χ1n) is 6.78. The van der Waals surface area contributed by atoms with Crippen LogP contribution in [-0.4, -0.2) is 26.7 Å². The third kappa shape index (κ3) is 2.90. The molecule has 10 heteroatoms. The number of fused-ring (bicyclic) bond motifs is 2. The summed E-state index contributed by atoms with van der Waals surface area (Å²) in [5.74, 6) is 0.727. The van der Waals surface area contributed by atoms with Gasteiger partial charge in [0.1, 0.15) is 16.9 Å². The minimum absolute atomic E-state index is 0.105. The van der Waals surface area contributed by atoms with Crippen LogP contribution in [0.1, 0.15) is 11.7 Å². The van der Waals surface area contributed by atoms with E-state index in [1.165, 1.54) is 18.0 Å². The predicted molar refractivity (Wildman–Crippen MR) is 97.8 cm³/mol. The average molecular weight is 444 g/mol. The molecule has 1 unspecified atom stereocenters. The number of pyridine rings is 2. The highest BCUT2D eigenvalue weighted by Crippen LogP contribution is 2.42. The van der Waals surface area contributed by atoms with Crippen LogP contribution in [-0.2, 0) is 9.59 Å². The zero-order chi connectivity index (χ0) is 16.8. The molecule has 2 aromatic heterocycles. The van der Waals surface area contributed by atoms with Crippen molar-refractivity contribution in [3.63, 3.8) is 0 Å². The molecule has 24 heavy (non-hydrogen) atoms. The number of hydrogen-bond acceptors (Lipinski definition) is 7. The van der Waals surface area contributed by atoms with Crippen LogP contribution < -0.4 is 10.6 Å². The Morgan fingerprint density at radius 1 is 1.33 bits per heavy atom. The summed E-state index contributed by atoms with van der Waals surface area (Å²) in [7, 11) is 0. The molecular weight excluding hydrogens is 436 g/mol. The molecular formula is C14H8BrClN4O2S2. The van der Waals surface area contributed by atoms with Gasteiger partial charge in [-0.25, -0.2) is 9.97 Å². The highest BCUT2D eigenvalue weighted by molar-refractivity contribution is 9.10. The molecule has 0 saturated carbocycles. The topological polar surface area (TPSA) is 84.0 Å². The highest BCUT2D eigenvalue weighted by atomic mass is 79.9. The van der Waals surface area contributed by atoms with E-state index in [0.717, 1.165) is 16.7 Å². The summed E-state index contributed by atoms with van der Waals surface area (Å²) in [6, 6.07) is 2.93. The summed E-state index contributed by atoms with van der Waals surface area (Å²) < 4.78 is 0.704. The molecule has 1 amide bonds.